The topological polar surface area (TPSA) is 79.8 Å². The Balaban J connectivity index is 1.48. The normalized spacial score (nSPS) is 10.7. The second-order valence-corrected chi connectivity index (χ2v) is 7.44. The van der Waals surface area contributed by atoms with Gasteiger partial charge in [0.05, 0.1) is 16.3 Å². The molecule has 0 radical (unpaired) electrons. The number of amides is 2. The van der Waals surface area contributed by atoms with E-state index in [0.29, 0.717) is 23.1 Å². The maximum absolute atomic E-state index is 11.9. The number of hydrazone groups is 1. The number of carbonyl (C=O) groups is 2. The van der Waals surface area contributed by atoms with Gasteiger partial charge in [0, 0.05) is 5.69 Å². The lowest BCUT2D eigenvalue weighted by Crippen LogP contribution is -2.32. The van der Waals surface area contributed by atoms with E-state index in [4.69, 9.17) is 27.9 Å². The summed E-state index contributed by atoms with van der Waals surface area (Å²) in [5.41, 5.74) is 5.52. The van der Waals surface area contributed by atoms with Crippen LogP contribution >= 0.6 is 23.2 Å². The van der Waals surface area contributed by atoms with Gasteiger partial charge in [0.15, 0.2) is 0 Å². The summed E-state index contributed by atoms with van der Waals surface area (Å²) in [4.78, 5) is 23.8. The average molecular weight is 456 g/mol. The summed E-state index contributed by atoms with van der Waals surface area (Å²) in [6.45, 7) is 2.51. The number of halogens is 2. The molecule has 3 aromatic rings. The van der Waals surface area contributed by atoms with Gasteiger partial charge in [-0.1, -0.05) is 53.0 Å². The van der Waals surface area contributed by atoms with Gasteiger partial charge in [-0.05, 0) is 60.5 Å². The number of ether oxygens (including phenoxy) is 1. The van der Waals surface area contributed by atoms with E-state index in [9.17, 15) is 9.59 Å². The minimum atomic E-state index is -0.916. The zero-order chi connectivity index (χ0) is 22.2. The molecule has 0 heterocycles. The van der Waals surface area contributed by atoms with Crippen molar-refractivity contribution in [3.8, 4) is 5.75 Å². The van der Waals surface area contributed by atoms with Crippen LogP contribution in [0.2, 0.25) is 10.0 Å². The first-order chi connectivity index (χ1) is 14.9. The number of carbonyl (C=O) groups excluding carboxylic acids is 2. The fourth-order valence-electron chi connectivity index (χ4n) is 2.60. The maximum Gasteiger partial charge on any atom is 0.329 e. The summed E-state index contributed by atoms with van der Waals surface area (Å²) < 4.78 is 5.76. The van der Waals surface area contributed by atoms with Gasteiger partial charge in [-0.2, -0.15) is 5.10 Å². The monoisotopic (exact) mass is 455 g/mol. The lowest BCUT2D eigenvalue weighted by Gasteiger charge is -2.07. The number of anilines is 1. The van der Waals surface area contributed by atoms with E-state index in [1.54, 1.807) is 24.3 Å². The largest absolute Gasteiger partial charge is 0.489 e. The lowest BCUT2D eigenvalue weighted by molar-refractivity contribution is -0.136. The molecule has 0 spiro atoms. The summed E-state index contributed by atoms with van der Waals surface area (Å²) in [5.74, 6) is -1.08. The van der Waals surface area contributed by atoms with Crippen LogP contribution in [0.5, 0.6) is 5.75 Å². The Morgan fingerprint density at radius 1 is 0.968 bits per heavy atom. The Bertz CT molecular complexity index is 1120. The van der Waals surface area contributed by atoms with E-state index in [0.717, 1.165) is 11.1 Å². The maximum atomic E-state index is 11.9. The first-order valence-electron chi connectivity index (χ1n) is 9.28. The van der Waals surface area contributed by atoms with Crippen LogP contribution in [-0.2, 0) is 16.2 Å². The van der Waals surface area contributed by atoms with Crippen LogP contribution in [0, 0.1) is 6.92 Å². The summed E-state index contributed by atoms with van der Waals surface area (Å²) in [6, 6.07) is 19.8. The molecule has 0 saturated heterocycles. The highest BCUT2D eigenvalue weighted by Crippen LogP contribution is 2.24. The Kier molecular flexibility index (Phi) is 7.65. The summed E-state index contributed by atoms with van der Waals surface area (Å²) in [7, 11) is 0. The van der Waals surface area contributed by atoms with Crippen molar-refractivity contribution < 1.29 is 14.3 Å². The summed E-state index contributed by atoms with van der Waals surface area (Å²) in [6.07, 6.45) is 1.43. The second kappa shape index (κ2) is 10.6. The van der Waals surface area contributed by atoms with Crippen molar-refractivity contribution in [2.45, 2.75) is 13.5 Å². The molecule has 0 aromatic heterocycles. The molecule has 0 aliphatic rings. The predicted molar refractivity (Wildman–Crippen MR) is 123 cm³/mol. The van der Waals surface area contributed by atoms with E-state index in [-0.39, 0.29) is 5.02 Å². The third-order valence-electron chi connectivity index (χ3n) is 4.13. The number of nitrogens with one attached hydrogen (secondary N) is 2. The van der Waals surface area contributed by atoms with Crippen LogP contribution in [-0.4, -0.2) is 18.0 Å². The molecule has 6 nitrogen and oxygen atoms in total. The fourth-order valence-corrected chi connectivity index (χ4v) is 2.89. The molecule has 2 N–H and O–H groups in total. The molecule has 0 aliphatic heterocycles. The van der Waals surface area contributed by atoms with Gasteiger partial charge in [0.2, 0.25) is 0 Å². The lowest BCUT2D eigenvalue weighted by atomic mass is 10.1. The number of hydrogen-bond acceptors (Lipinski definition) is 4. The molecule has 3 rings (SSSR count). The molecule has 8 heteroatoms. The molecule has 3 aromatic carbocycles. The van der Waals surface area contributed by atoms with Gasteiger partial charge in [-0.3, -0.25) is 9.59 Å². The Morgan fingerprint density at radius 3 is 2.45 bits per heavy atom. The first kappa shape index (κ1) is 22.3. The molecule has 0 saturated carbocycles. The zero-order valence-corrected chi connectivity index (χ0v) is 18.1. The van der Waals surface area contributed by atoms with E-state index in [1.165, 1.54) is 30.0 Å². The highest BCUT2D eigenvalue weighted by Gasteiger charge is 2.13. The van der Waals surface area contributed by atoms with Crippen LogP contribution < -0.4 is 15.5 Å². The van der Waals surface area contributed by atoms with Crippen LogP contribution in [0.4, 0.5) is 5.69 Å². The van der Waals surface area contributed by atoms with E-state index in [2.05, 4.69) is 21.9 Å². The molecule has 0 atom stereocenters. The van der Waals surface area contributed by atoms with Crippen molar-refractivity contribution in [2.75, 3.05) is 5.32 Å². The van der Waals surface area contributed by atoms with Gasteiger partial charge < -0.3 is 10.1 Å². The molecule has 158 valence electrons. The minimum absolute atomic E-state index is 0.268. The van der Waals surface area contributed by atoms with Crippen molar-refractivity contribution in [3.63, 3.8) is 0 Å². The van der Waals surface area contributed by atoms with E-state index < -0.39 is 11.8 Å². The smallest absolute Gasteiger partial charge is 0.329 e. The van der Waals surface area contributed by atoms with Crippen molar-refractivity contribution >= 4 is 46.9 Å². The summed E-state index contributed by atoms with van der Waals surface area (Å²) >= 11 is 11.7. The second-order valence-electron chi connectivity index (χ2n) is 6.63. The van der Waals surface area contributed by atoms with E-state index >= 15 is 0 Å². The number of hydrogen-bond donors (Lipinski definition) is 2. The quantitative estimate of drug-likeness (QED) is 0.312. The highest BCUT2D eigenvalue weighted by atomic mass is 35.5. The summed E-state index contributed by atoms with van der Waals surface area (Å²) in [5, 5.41) is 6.82. The Labute approximate surface area is 189 Å². The standard InChI is InChI=1S/C23H19Cl2N3O3/c1-15-3-2-4-17(11-15)14-31-19-8-5-16(6-9-19)13-26-28-23(30)22(29)27-18-7-10-20(24)21(25)12-18/h2-13H,14H2,1H3,(H,27,29)(H,28,30)/b26-13+. The molecule has 0 aliphatic carbocycles. The van der Waals surface area contributed by atoms with Gasteiger partial charge in [0.1, 0.15) is 12.4 Å². The van der Waals surface area contributed by atoms with Gasteiger partial charge in [-0.15, -0.1) is 0 Å². The zero-order valence-electron chi connectivity index (χ0n) is 16.6. The van der Waals surface area contributed by atoms with E-state index in [1.807, 2.05) is 25.1 Å². The third kappa shape index (κ3) is 6.84. The molecule has 0 fully saturated rings. The molecule has 31 heavy (non-hydrogen) atoms. The third-order valence-corrected chi connectivity index (χ3v) is 4.87. The molecule has 0 unspecified atom stereocenters. The van der Waals surface area contributed by atoms with Crippen molar-refractivity contribution in [3.05, 3.63) is 93.5 Å². The Morgan fingerprint density at radius 2 is 1.74 bits per heavy atom. The molecule has 2 amide bonds. The number of nitrogens with zero attached hydrogens (tertiary/aromatic N) is 1. The average Bonchev–Trinajstić information content (AvgIpc) is 2.75. The fraction of sp³-hybridized carbons (Fsp3) is 0.0870. The van der Waals surface area contributed by atoms with Crippen LogP contribution in [0.15, 0.2) is 71.8 Å². The predicted octanol–water partition coefficient (Wildman–Crippen LogP) is 4.97. The SMILES string of the molecule is Cc1cccc(COc2ccc(/C=N/NC(=O)C(=O)Nc3ccc(Cl)c(Cl)c3)cc2)c1. The highest BCUT2D eigenvalue weighted by molar-refractivity contribution is 6.42. The molecule has 0 bridgehead atoms. The minimum Gasteiger partial charge on any atom is -0.489 e. The van der Waals surface area contributed by atoms with Gasteiger partial charge in [0.25, 0.3) is 0 Å². The molecular formula is C23H19Cl2N3O3. The van der Waals surface area contributed by atoms with Gasteiger partial charge in [-0.25, -0.2) is 5.43 Å². The van der Waals surface area contributed by atoms with Crippen LogP contribution in [0.1, 0.15) is 16.7 Å². The number of benzene rings is 3. The van der Waals surface area contributed by atoms with Crippen molar-refractivity contribution in [2.24, 2.45) is 5.10 Å². The number of aryl methyl sites for hydroxylation is 1. The van der Waals surface area contributed by atoms with Crippen molar-refractivity contribution in [1.82, 2.24) is 5.43 Å². The van der Waals surface area contributed by atoms with Gasteiger partial charge >= 0.3 is 11.8 Å². The molecular weight excluding hydrogens is 437 g/mol. The van der Waals surface area contributed by atoms with Crippen LogP contribution in [0.3, 0.4) is 0 Å². The Hall–Kier alpha value is -3.35. The number of rotatable bonds is 6. The van der Waals surface area contributed by atoms with Crippen LogP contribution in [0.25, 0.3) is 0 Å². The van der Waals surface area contributed by atoms with Crippen molar-refractivity contribution in [1.29, 1.82) is 0 Å². The first-order valence-corrected chi connectivity index (χ1v) is 10.0.